The number of aliphatic hydroxyl groups excluding tert-OH is 1. The first-order chi connectivity index (χ1) is 7.56. The van der Waals surface area contributed by atoms with Gasteiger partial charge in [0, 0.05) is 0 Å². The lowest BCUT2D eigenvalue weighted by Gasteiger charge is -2.03. The third-order valence-corrected chi connectivity index (χ3v) is 2.10. The summed E-state index contributed by atoms with van der Waals surface area (Å²) >= 11 is 0. The van der Waals surface area contributed by atoms with Gasteiger partial charge < -0.3 is 9.84 Å². The Hall–Kier alpha value is -1.09. The number of carbonyl (C=O) groups is 1. The number of rotatable bonds is 8. The summed E-state index contributed by atoms with van der Waals surface area (Å²) in [5.41, 5.74) is 0.956. The summed E-state index contributed by atoms with van der Waals surface area (Å²) in [6, 6.07) is 0. The molecular weight excluding hydrogens is 204 g/mol. The van der Waals surface area contributed by atoms with Crippen LogP contribution in [0, 0.1) is 5.92 Å². The molecule has 0 rings (SSSR count). The molecule has 3 nitrogen and oxygen atoms in total. The fourth-order valence-electron chi connectivity index (χ4n) is 1.18. The van der Waals surface area contributed by atoms with Gasteiger partial charge in [-0.25, -0.2) is 0 Å². The molecule has 0 aliphatic carbocycles. The molecule has 0 aromatic rings. The lowest BCUT2D eigenvalue weighted by atomic mass is 10.0. The van der Waals surface area contributed by atoms with E-state index in [4.69, 9.17) is 9.84 Å². The zero-order valence-corrected chi connectivity index (χ0v) is 10.2. The summed E-state index contributed by atoms with van der Waals surface area (Å²) in [5.74, 6) is 0.285. The highest BCUT2D eigenvalue weighted by Crippen LogP contribution is 2.11. The second kappa shape index (κ2) is 9.16. The zero-order valence-electron chi connectivity index (χ0n) is 10.2. The average Bonchev–Trinajstić information content (AvgIpc) is 2.17. The molecule has 1 N–H and O–H groups in total. The third kappa shape index (κ3) is 9.46. The van der Waals surface area contributed by atoms with Crippen molar-refractivity contribution >= 4 is 5.97 Å². The van der Waals surface area contributed by atoms with Crippen molar-refractivity contribution in [2.24, 2.45) is 5.92 Å². The largest absolute Gasteiger partial charge is 0.434 e. The van der Waals surface area contributed by atoms with E-state index in [9.17, 15) is 4.79 Å². The molecule has 0 aliphatic heterocycles. The molecule has 0 fully saturated rings. The van der Waals surface area contributed by atoms with Gasteiger partial charge in [0.25, 0.3) is 0 Å². The topological polar surface area (TPSA) is 46.5 Å². The molecule has 3 heteroatoms. The van der Waals surface area contributed by atoms with E-state index >= 15 is 0 Å². The van der Waals surface area contributed by atoms with Crippen molar-refractivity contribution in [2.75, 3.05) is 6.61 Å². The van der Waals surface area contributed by atoms with Crippen molar-refractivity contribution in [3.63, 3.8) is 0 Å². The summed E-state index contributed by atoms with van der Waals surface area (Å²) in [4.78, 5) is 10.9. The molecule has 0 bridgehead atoms. The minimum Gasteiger partial charge on any atom is -0.434 e. The quantitative estimate of drug-likeness (QED) is 0.393. The summed E-state index contributed by atoms with van der Waals surface area (Å²) in [7, 11) is 0. The highest BCUT2D eigenvalue weighted by atomic mass is 16.5. The molecule has 0 saturated heterocycles. The molecule has 16 heavy (non-hydrogen) atoms. The van der Waals surface area contributed by atoms with Gasteiger partial charge in [-0.05, 0) is 24.8 Å². The maximum Gasteiger partial charge on any atom is 0.312 e. The van der Waals surface area contributed by atoms with Crippen LogP contribution in [0.25, 0.3) is 0 Å². The van der Waals surface area contributed by atoms with E-state index in [0.29, 0.717) is 5.92 Å². The van der Waals surface area contributed by atoms with Crippen LogP contribution in [-0.2, 0) is 9.53 Å². The molecule has 0 aliphatic rings. The maximum atomic E-state index is 10.9. The number of hydrogen-bond donors (Lipinski definition) is 1. The minimum absolute atomic E-state index is 0.0319. The Balaban J connectivity index is 3.62. The number of carbonyl (C=O) groups excluding carboxylic acids is 1. The SMILES string of the molecule is C=C(C=COC(=O)CCO)CCCC(C)C. The molecule has 0 heterocycles. The molecule has 0 unspecified atom stereocenters. The number of allylic oxidation sites excluding steroid dienone is 2. The van der Waals surface area contributed by atoms with Crippen molar-refractivity contribution in [3.8, 4) is 0 Å². The predicted octanol–water partition coefficient (Wildman–Crippen LogP) is 2.81. The van der Waals surface area contributed by atoms with Crippen molar-refractivity contribution in [3.05, 3.63) is 24.5 Å². The van der Waals surface area contributed by atoms with Crippen LogP contribution in [-0.4, -0.2) is 17.7 Å². The zero-order chi connectivity index (χ0) is 12.4. The fraction of sp³-hybridized carbons (Fsp3) is 0.615. The van der Waals surface area contributed by atoms with Crippen molar-refractivity contribution < 1.29 is 14.6 Å². The maximum absolute atomic E-state index is 10.9. The molecule has 0 atom stereocenters. The van der Waals surface area contributed by atoms with Crippen LogP contribution in [0.15, 0.2) is 24.5 Å². The monoisotopic (exact) mass is 226 g/mol. The van der Waals surface area contributed by atoms with Gasteiger partial charge in [0.15, 0.2) is 0 Å². The van der Waals surface area contributed by atoms with Gasteiger partial charge in [-0.15, -0.1) is 0 Å². The Morgan fingerprint density at radius 1 is 1.44 bits per heavy atom. The number of aliphatic hydroxyl groups is 1. The summed E-state index contributed by atoms with van der Waals surface area (Å²) in [6.45, 7) is 8.07. The van der Waals surface area contributed by atoms with E-state index in [2.05, 4.69) is 20.4 Å². The highest BCUT2D eigenvalue weighted by molar-refractivity contribution is 5.70. The minimum atomic E-state index is -0.422. The fourth-order valence-corrected chi connectivity index (χ4v) is 1.18. The number of ether oxygens (including phenoxy) is 1. The number of esters is 1. The van der Waals surface area contributed by atoms with Gasteiger partial charge in [-0.1, -0.05) is 32.4 Å². The predicted molar refractivity (Wildman–Crippen MR) is 64.8 cm³/mol. The normalized spacial score (nSPS) is 11.0. The standard InChI is InChI=1S/C13H22O3/c1-11(2)5-4-6-12(3)8-10-16-13(15)7-9-14/h8,10-11,14H,3-7,9H2,1-2H3. The Morgan fingerprint density at radius 2 is 2.12 bits per heavy atom. The van der Waals surface area contributed by atoms with Crippen molar-refractivity contribution in [1.82, 2.24) is 0 Å². The van der Waals surface area contributed by atoms with Crippen LogP contribution < -0.4 is 0 Å². The first-order valence-corrected chi connectivity index (χ1v) is 5.71. The van der Waals surface area contributed by atoms with Crippen LogP contribution in [0.5, 0.6) is 0 Å². The van der Waals surface area contributed by atoms with E-state index < -0.39 is 5.97 Å². The van der Waals surface area contributed by atoms with Crippen LogP contribution >= 0.6 is 0 Å². The second-order valence-corrected chi connectivity index (χ2v) is 4.21. The Bertz CT molecular complexity index is 242. The second-order valence-electron chi connectivity index (χ2n) is 4.21. The molecule has 0 aromatic heterocycles. The van der Waals surface area contributed by atoms with Gasteiger partial charge >= 0.3 is 5.97 Å². The summed E-state index contributed by atoms with van der Waals surface area (Å²) < 4.78 is 4.74. The first kappa shape index (κ1) is 14.9. The highest BCUT2D eigenvalue weighted by Gasteiger charge is 1.98. The van der Waals surface area contributed by atoms with E-state index in [-0.39, 0.29) is 13.0 Å². The van der Waals surface area contributed by atoms with Crippen LogP contribution in [0.3, 0.4) is 0 Å². The average molecular weight is 226 g/mol. The van der Waals surface area contributed by atoms with E-state index in [1.54, 1.807) is 6.08 Å². The van der Waals surface area contributed by atoms with Crippen molar-refractivity contribution in [1.29, 1.82) is 0 Å². The van der Waals surface area contributed by atoms with Crippen molar-refractivity contribution in [2.45, 2.75) is 39.5 Å². The lowest BCUT2D eigenvalue weighted by Crippen LogP contribution is -2.01. The van der Waals surface area contributed by atoms with Crippen LogP contribution in [0.2, 0.25) is 0 Å². The van der Waals surface area contributed by atoms with E-state index in [0.717, 1.165) is 18.4 Å². The molecule has 0 amide bonds. The molecule has 0 spiro atoms. The Labute approximate surface area is 97.8 Å². The molecule has 0 saturated carbocycles. The Morgan fingerprint density at radius 3 is 2.69 bits per heavy atom. The number of hydrogen-bond acceptors (Lipinski definition) is 3. The molecule has 0 aromatic carbocycles. The first-order valence-electron chi connectivity index (χ1n) is 5.71. The Kier molecular flexibility index (Phi) is 8.53. The lowest BCUT2D eigenvalue weighted by molar-refractivity contribution is -0.138. The van der Waals surface area contributed by atoms with Gasteiger partial charge in [0.2, 0.25) is 0 Å². The van der Waals surface area contributed by atoms with Gasteiger partial charge in [-0.3, -0.25) is 4.79 Å². The van der Waals surface area contributed by atoms with E-state index in [1.165, 1.54) is 12.7 Å². The molecule has 0 radical (unpaired) electrons. The molecular formula is C13H22O3. The summed E-state index contributed by atoms with van der Waals surface area (Å²) in [5, 5.41) is 8.47. The smallest absolute Gasteiger partial charge is 0.312 e. The molecule has 92 valence electrons. The van der Waals surface area contributed by atoms with Gasteiger partial charge in [-0.2, -0.15) is 0 Å². The summed E-state index contributed by atoms with van der Waals surface area (Å²) in [6.07, 6.45) is 6.28. The van der Waals surface area contributed by atoms with Crippen LogP contribution in [0.1, 0.15) is 39.5 Å². The van der Waals surface area contributed by atoms with E-state index in [1.807, 2.05) is 0 Å². The van der Waals surface area contributed by atoms with Gasteiger partial charge in [0.1, 0.15) is 0 Å². The van der Waals surface area contributed by atoms with Gasteiger partial charge in [0.05, 0.1) is 19.3 Å². The third-order valence-electron chi connectivity index (χ3n) is 2.10. The van der Waals surface area contributed by atoms with Crippen LogP contribution in [0.4, 0.5) is 0 Å².